The number of nitrogens with zero attached hydrogens (tertiary/aromatic N) is 2. The average molecular weight is 659 g/mol. The number of aliphatic hydroxyl groups is 6. The molecule has 0 aromatic carbocycles. The maximum absolute atomic E-state index is 10.3. The number of aliphatic hydroxyl groups excluding tert-OH is 6. The van der Waals surface area contributed by atoms with E-state index in [0.717, 1.165) is 51.6 Å². The van der Waals surface area contributed by atoms with Gasteiger partial charge in [-0.15, -0.1) is 0 Å². The summed E-state index contributed by atoms with van der Waals surface area (Å²) in [6.07, 6.45) is 11.9. The van der Waals surface area contributed by atoms with Crippen LogP contribution in [0.25, 0.3) is 0 Å². The van der Waals surface area contributed by atoms with Crippen molar-refractivity contribution >= 4 is 0 Å². The number of fused-ring (bicyclic) bond motifs is 2. The van der Waals surface area contributed by atoms with Crippen LogP contribution in [0.1, 0.15) is 130 Å². The molecular weight excluding hydrogens is 588 g/mol. The third kappa shape index (κ3) is 10.8. The van der Waals surface area contributed by atoms with Gasteiger partial charge in [0.05, 0.1) is 36.4 Å². The van der Waals surface area contributed by atoms with E-state index in [1.807, 2.05) is 0 Å². The van der Waals surface area contributed by atoms with Crippen LogP contribution in [0, 0.1) is 0 Å². The zero-order chi connectivity index (χ0) is 33.6. The van der Waals surface area contributed by atoms with E-state index in [2.05, 4.69) is 37.5 Å². The summed E-state index contributed by atoms with van der Waals surface area (Å²) in [5.41, 5.74) is 0. The Balaban J connectivity index is 0.000000250. The average Bonchev–Trinajstić information content (AvgIpc) is 3.96. The number of ether oxygens (including phenoxy) is 2. The van der Waals surface area contributed by atoms with E-state index >= 15 is 0 Å². The topological polar surface area (TPSA) is 146 Å². The van der Waals surface area contributed by atoms with E-state index < -0.39 is 36.6 Å². The van der Waals surface area contributed by atoms with Crippen molar-refractivity contribution in [2.24, 2.45) is 0 Å². The lowest BCUT2D eigenvalue weighted by atomic mass is 9.89. The van der Waals surface area contributed by atoms with Crippen molar-refractivity contribution in [3.8, 4) is 0 Å². The third-order valence-corrected chi connectivity index (χ3v) is 10.7. The molecule has 2 aliphatic heterocycles. The van der Waals surface area contributed by atoms with E-state index in [1.54, 1.807) is 0 Å². The molecule has 0 bridgehead atoms. The lowest BCUT2D eigenvalue weighted by molar-refractivity contribution is -0.140. The van der Waals surface area contributed by atoms with Crippen LogP contribution < -0.4 is 0 Å². The highest BCUT2D eigenvalue weighted by molar-refractivity contribution is 5.19. The Bertz CT molecular complexity index is 746. The second kappa shape index (κ2) is 21.0. The number of hydrogen-bond donors (Lipinski definition) is 6. The molecule has 4 aliphatic rings. The maximum atomic E-state index is 10.3. The summed E-state index contributed by atoms with van der Waals surface area (Å²) in [5.74, 6) is 0. The molecule has 10 nitrogen and oxygen atoms in total. The molecule has 10 heteroatoms. The maximum Gasteiger partial charge on any atom is 0.110 e. The largest absolute Gasteiger partial charge is 0.389 e. The smallest absolute Gasteiger partial charge is 0.110 e. The lowest BCUT2D eigenvalue weighted by Gasteiger charge is -2.33. The molecule has 14 atom stereocenters. The summed E-state index contributed by atoms with van der Waals surface area (Å²) in [7, 11) is 0. The Morgan fingerprint density at radius 3 is 1.02 bits per heavy atom. The van der Waals surface area contributed by atoms with E-state index in [9.17, 15) is 30.6 Å². The first-order valence-electron chi connectivity index (χ1n) is 19.1. The van der Waals surface area contributed by atoms with Crippen LogP contribution in [0.4, 0.5) is 0 Å². The molecule has 6 unspecified atom stereocenters. The van der Waals surface area contributed by atoms with Gasteiger partial charge in [0.25, 0.3) is 0 Å². The van der Waals surface area contributed by atoms with Crippen LogP contribution in [0.2, 0.25) is 0 Å². The summed E-state index contributed by atoms with van der Waals surface area (Å²) >= 11 is 0. The first kappa shape index (κ1) is 40.0. The van der Waals surface area contributed by atoms with Crippen molar-refractivity contribution in [1.82, 2.24) is 9.80 Å². The van der Waals surface area contributed by atoms with Crippen LogP contribution in [0.5, 0.6) is 0 Å². The minimum Gasteiger partial charge on any atom is -0.389 e. The van der Waals surface area contributed by atoms with Crippen LogP contribution in [0.15, 0.2) is 0 Å². The molecule has 4 fully saturated rings. The van der Waals surface area contributed by atoms with Gasteiger partial charge in [-0.1, -0.05) is 105 Å². The Kier molecular flexibility index (Phi) is 18.2. The predicted octanol–water partition coefficient (Wildman–Crippen LogP) is 3.36. The summed E-state index contributed by atoms with van der Waals surface area (Å²) in [6, 6.07) is 0.0405. The highest BCUT2D eigenvalue weighted by atomic mass is 16.5. The van der Waals surface area contributed by atoms with E-state index in [1.165, 1.54) is 64.2 Å². The first-order valence-corrected chi connectivity index (χ1v) is 19.1. The Morgan fingerprint density at radius 2 is 0.696 bits per heavy atom. The number of hydrogen-bond acceptors (Lipinski definition) is 10. The number of unbranched alkanes of at least 4 members (excludes halogenated alkanes) is 12. The molecule has 2 heterocycles. The van der Waals surface area contributed by atoms with Crippen LogP contribution in [-0.2, 0) is 9.47 Å². The van der Waals surface area contributed by atoms with Gasteiger partial charge in [-0.3, -0.25) is 9.80 Å². The van der Waals surface area contributed by atoms with Crippen molar-refractivity contribution in [3.63, 3.8) is 0 Å². The summed E-state index contributed by atoms with van der Waals surface area (Å²) in [6.45, 7) is 11.8. The minimum absolute atomic E-state index is 0.0457. The summed E-state index contributed by atoms with van der Waals surface area (Å²) in [4.78, 5) is 4.41. The van der Waals surface area contributed by atoms with Crippen molar-refractivity contribution in [3.05, 3.63) is 0 Å². The first-order chi connectivity index (χ1) is 22.3. The zero-order valence-corrected chi connectivity index (χ0v) is 29.5. The quantitative estimate of drug-likeness (QED) is 0.0757. The number of likely N-dealkylation sites (tertiary alicyclic amines) is 2. The molecule has 46 heavy (non-hydrogen) atoms. The van der Waals surface area contributed by atoms with Crippen LogP contribution >= 0.6 is 0 Å². The fraction of sp³-hybridized carbons (Fsp3) is 1.00. The van der Waals surface area contributed by atoms with Crippen molar-refractivity contribution in [2.45, 2.75) is 203 Å². The van der Waals surface area contributed by atoms with Crippen molar-refractivity contribution in [2.75, 3.05) is 26.3 Å². The minimum atomic E-state index is -1.10. The molecular formula is C36H70N2O8. The molecule has 4 rings (SSSR count). The molecule has 0 radical (unpaired) electrons. The molecule has 2 saturated carbocycles. The molecule has 6 N–H and O–H groups in total. The Hall–Kier alpha value is -0.400. The highest BCUT2D eigenvalue weighted by Gasteiger charge is 2.65. The Labute approximate surface area is 279 Å². The SMILES string of the molecule is CCCCCCO[C@@H]1C2C([C@@H](O)[C@H](O)[C@H]1O)N2CCCCCC.CCCCCCO[C@H]1C2C([C@H](O)[C@@H](O)[C@@H]1O)N2CCCCCC. The fourth-order valence-electron chi connectivity index (χ4n) is 7.73. The van der Waals surface area contributed by atoms with E-state index in [4.69, 9.17) is 9.47 Å². The van der Waals surface area contributed by atoms with Crippen LogP contribution in [0.3, 0.4) is 0 Å². The molecule has 0 spiro atoms. The van der Waals surface area contributed by atoms with Gasteiger partial charge in [0, 0.05) is 13.2 Å². The van der Waals surface area contributed by atoms with Crippen molar-refractivity contribution in [1.29, 1.82) is 0 Å². The zero-order valence-electron chi connectivity index (χ0n) is 29.5. The van der Waals surface area contributed by atoms with Gasteiger partial charge in [0.1, 0.15) is 36.6 Å². The van der Waals surface area contributed by atoms with Gasteiger partial charge >= 0.3 is 0 Å². The number of rotatable bonds is 22. The predicted molar refractivity (Wildman–Crippen MR) is 181 cm³/mol. The second-order valence-corrected chi connectivity index (χ2v) is 14.3. The molecule has 2 aliphatic carbocycles. The van der Waals surface area contributed by atoms with Gasteiger partial charge in [-0.05, 0) is 38.8 Å². The normalized spacial score (nSPS) is 39.3. The van der Waals surface area contributed by atoms with E-state index in [0.29, 0.717) is 13.2 Å². The summed E-state index contributed by atoms with van der Waals surface area (Å²) < 4.78 is 11.8. The highest BCUT2D eigenvalue weighted by Crippen LogP contribution is 2.44. The monoisotopic (exact) mass is 659 g/mol. The van der Waals surface area contributed by atoms with Crippen LogP contribution in [-0.4, -0.2) is 140 Å². The van der Waals surface area contributed by atoms with Gasteiger partial charge < -0.3 is 40.1 Å². The molecule has 0 amide bonds. The standard InChI is InChI=1S/2C18H35NO4/c2*1-3-5-7-9-11-19-13-14(19)18(17(22)16(21)15(13)20)23-12-10-8-6-4-2/h2*13-18,20-22H,3-12H2,1-2H3/t2*13?,14?,15-,16+,17-,18-,19?/m10/s1. The molecule has 0 aromatic heterocycles. The third-order valence-electron chi connectivity index (χ3n) is 10.7. The summed E-state index contributed by atoms with van der Waals surface area (Å²) in [5, 5.41) is 61.1. The lowest BCUT2D eigenvalue weighted by Crippen LogP contribution is -2.54. The van der Waals surface area contributed by atoms with Gasteiger partial charge in [0.2, 0.25) is 0 Å². The van der Waals surface area contributed by atoms with Gasteiger partial charge in [0.15, 0.2) is 0 Å². The van der Waals surface area contributed by atoms with Gasteiger partial charge in [-0.25, -0.2) is 0 Å². The van der Waals surface area contributed by atoms with Gasteiger partial charge in [-0.2, -0.15) is 0 Å². The fourth-order valence-corrected chi connectivity index (χ4v) is 7.73. The van der Waals surface area contributed by atoms with Crippen molar-refractivity contribution < 1.29 is 40.1 Å². The second-order valence-electron chi connectivity index (χ2n) is 14.3. The Morgan fingerprint density at radius 1 is 0.370 bits per heavy atom. The van der Waals surface area contributed by atoms with E-state index in [-0.39, 0.29) is 36.4 Å². The molecule has 272 valence electrons. The molecule has 2 saturated heterocycles. The molecule has 0 aromatic rings.